The number of aryl methyl sites for hydroxylation is 2. The van der Waals surface area contributed by atoms with E-state index in [0.29, 0.717) is 5.75 Å². The molecule has 0 saturated carbocycles. The van der Waals surface area contributed by atoms with Gasteiger partial charge in [-0.2, -0.15) is 0 Å². The molecule has 76 valence electrons. The lowest BCUT2D eigenvalue weighted by Crippen LogP contribution is -2.28. The molecule has 3 nitrogen and oxygen atoms in total. The Labute approximate surface area is 90.8 Å². The fraction of sp³-hybridized carbons (Fsp3) is 0.300. The van der Waals surface area contributed by atoms with Crippen LogP contribution in [0.15, 0.2) is 16.6 Å². The second kappa shape index (κ2) is 4.46. The number of rotatable bonds is 3. The first-order valence-electron chi connectivity index (χ1n) is 4.10. The Hall–Kier alpha value is -1.03. The van der Waals surface area contributed by atoms with E-state index >= 15 is 0 Å². The van der Waals surface area contributed by atoms with Gasteiger partial charge in [0.25, 0.3) is 0 Å². The first-order valence-corrected chi connectivity index (χ1v) is 4.89. The van der Waals surface area contributed by atoms with E-state index < -0.39 is 12.6 Å². The van der Waals surface area contributed by atoms with Crippen molar-refractivity contribution in [3.63, 3.8) is 0 Å². The molecule has 1 aromatic rings. The van der Waals surface area contributed by atoms with E-state index in [9.17, 15) is 9.90 Å². The van der Waals surface area contributed by atoms with Crippen molar-refractivity contribution < 1.29 is 14.6 Å². The monoisotopic (exact) mass is 257 g/mol. The molecule has 0 saturated heterocycles. The molecule has 0 atom stereocenters. The highest BCUT2D eigenvalue weighted by Crippen LogP contribution is 2.26. The third-order valence-electron chi connectivity index (χ3n) is 1.77. The van der Waals surface area contributed by atoms with Crippen LogP contribution in [0.1, 0.15) is 11.1 Å². The molecule has 0 aliphatic heterocycles. The maximum absolute atomic E-state index is 10.2. The summed E-state index contributed by atoms with van der Waals surface area (Å²) in [4.78, 5) is 10.2. The SMILES string of the molecule is Cc1cc(OCC(=O)[O-])cc(C)c1Br. The van der Waals surface area contributed by atoms with E-state index in [4.69, 9.17) is 4.74 Å². The number of ether oxygens (including phenoxy) is 1. The van der Waals surface area contributed by atoms with Gasteiger partial charge in [-0.1, -0.05) is 15.9 Å². The van der Waals surface area contributed by atoms with Gasteiger partial charge in [0.15, 0.2) is 0 Å². The Morgan fingerprint density at radius 1 is 1.43 bits per heavy atom. The van der Waals surface area contributed by atoms with Gasteiger partial charge in [0.2, 0.25) is 0 Å². The van der Waals surface area contributed by atoms with Gasteiger partial charge >= 0.3 is 0 Å². The standard InChI is InChI=1S/C10H11BrO3/c1-6-3-8(14-5-9(12)13)4-7(2)10(6)11/h3-4H,5H2,1-2H3,(H,12,13)/p-1. The zero-order chi connectivity index (χ0) is 10.7. The van der Waals surface area contributed by atoms with Gasteiger partial charge in [0.05, 0.1) is 5.97 Å². The van der Waals surface area contributed by atoms with E-state index in [1.165, 1.54) is 0 Å². The number of benzene rings is 1. The molecule has 0 heterocycles. The molecule has 0 aliphatic rings. The van der Waals surface area contributed by atoms with Crippen LogP contribution in [0.25, 0.3) is 0 Å². The van der Waals surface area contributed by atoms with Crippen molar-refractivity contribution in [3.8, 4) is 5.75 Å². The summed E-state index contributed by atoms with van der Waals surface area (Å²) in [5.41, 5.74) is 2.02. The van der Waals surface area contributed by atoms with E-state index in [2.05, 4.69) is 15.9 Å². The van der Waals surface area contributed by atoms with Crippen LogP contribution in [0.2, 0.25) is 0 Å². The minimum atomic E-state index is -1.22. The molecule has 4 heteroatoms. The van der Waals surface area contributed by atoms with Crippen LogP contribution in [-0.2, 0) is 4.79 Å². The van der Waals surface area contributed by atoms with Crippen molar-refractivity contribution >= 4 is 21.9 Å². The Kier molecular flexibility index (Phi) is 3.52. The third-order valence-corrected chi connectivity index (χ3v) is 3.02. The number of carboxylic acids is 1. The summed E-state index contributed by atoms with van der Waals surface area (Å²) in [7, 11) is 0. The van der Waals surface area contributed by atoms with Crippen LogP contribution in [0.5, 0.6) is 5.75 Å². The molecule has 0 unspecified atom stereocenters. The average molecular weight is 258 g/mol. The summed E-state index contributed by atoms with van der Waals surface area (Å²) < 4.78 is 6.01. The molecule has 14 heavy (non-hydrogen) atoms. The lowest BCUT2D eigenvalue weighted by molar-refractivity contribution is -0.307. The predicted molar refractivity (Wildman–Crippen MR) is 54.1 cm³/mol. The van der Waals surface area contributed by atoms with Gasteiger partial charge in [-0.05, 0) is 37.1 Å². The predicted octanol–water partition coefficient (Wildman–Crippen LogP) is 1.19. The fourth-order valence-corrected chi connectivity index (χ4v) is 1.36. The minimum absolute atomic E-state index is 0.416. The van der Waals surface area contributed by atoms with E-state index in [-0.39, 0.29) is 0 Å². The van der Waals surface area contributed by atoms with Crippen LogP contribution in [0.3, 0.4) is 0 Å². The molecular weight excluding hydrogens is 248 g/mol. The molecule has 0 amide bonds. The zero-order valence-electron chi connectivity index (χ0n) is 7.96. The summed E-state index contributed by atoms with van der Waals surface area (Å²) in [5.74, 6) is -0.671. The maximum Gasteiger partial charge on any atom is 0.128 e. The fourth-order valence-electron chi connectivity index (χ4n) is 1.13. The third kappa shape index (κ3) is 2.73. The summed E-state index contributed by atoms with van der Waals surface area (Å²) in [6.07, 6.45) is 0. The summed E-state index contributed by atoms with van der Waals surface area (Å²) in [6.45, 7) is 3.42. The first-order chi connectivity index (χ1) is 6.50. The van der Waals surface area contributed by atoms with Gasteiger partial charge in [-0.15, -0.1) is 0 Å². The molecule has 0 spiro atoms. The molecule has 1 rings (SSSR count). The lowest BCUT2D eigenvalue weighted by Gasteiger charge is -2.10. The number of hydrogen-bond acceptors (Lipinski definition) is 3. The Morgan fingerprint density at radius 2 is 1.93 bits per heavy atom. The molecule has 0 aromatic heterocycles. The van der Waals surface area contributed by atoms with Crippen LogP contribution in [-0.4, -0.2) is 12.6 Å². The van der Waals surface area contributed by atoms with E-state index in [1.807, 2.05) is 13.8 Å². The zero-order valence-corrected chi connectivity index (χ0v) is 9.55. The maximum atomic E-state index is 10.2. The number of hydrogen-bond donors (Lipinski definition) is 0. The second-order valence-corrected chi connectivity index (χ2v) is 3.82. The number of carbonyl (C=O) groups is 1. The lowest BCUT2D eigenvalue weighted by atomic mass is 10.1. The first kappa shape index (κ1) is 11.0. The topological polar surface area (TPSA) is 49.4 Å². The normalized spacial score (nSPS) is 9.93. The number of halogens is 1. The highest BCUT2D eigenvalue weighted by Gasteiger charge is 2.02. The molecule has 0 aliphatic carbocycles. The van der Waals surface area contributed by atoms with Crippen LogP contribution < -0.4 is 9.84 Å². The molecular formula is C10H10BrO3-. The van der Waals surface area contributed by atoms with Gasteiger partial charge in [-0.3, -0.25) is 0 Å². The molecule has 0 bridgehead atoms. The smallest absolute Gasteiger partial charge is 0.128 e. The van der Waals surface area contributed by atoms with Crippen molar-refractivity contribution in [2.45, 2.75) is 13.8 Å². The average Bonchev–Trinajstić information content (AvgIpc) is 2.10. The molecule has 1 aromatic carbocycles. The Balaban J connectivity index is 2.84. The van der Waals surface area contributed by atoms with Crippen LogP contribution in [0.4, 0.5) is 0 Å². The van der Waals surface area contributed by atoms with Crippen molar-refractivity contribution in [1.29, 1.82) is 0 Å². The van der Waals surface area contributed by atoms with Gasteiger partial charge < -0.3 is 14.6 Å². The highest BCUT2D eigenvalue weighted by molar-refractivity contribution is 9.10. The van der Waals surface area contributed by atoms with Gasteiger partial charge in [0.1, 0.15) is 12.4 Å². The van der Waals surface area contributed by atoms with E-state index in [1.54, 1.807) is 12.1 Å². The van der Waals surface area contributed by atoms with Crippen molar-refractivity contribution in [2.24, 2.45) is 0 Å². The summed E-state index contributed by atoms with van der Waals surface area (Å²) in [6, 6.07) is 3.56. The minimum Gasteiger partial charge on any atom is -0.546 e. The van der Waals surface area contributed by atoms with Crippen molar-refractivity contribution in [1.82, 2.24) is 0 Å². The summed E-state index contributed by atoms with van der Waals surface area (Å²) in [5, 5.41) is 10.2. The molecule has 0 fully saturated rings. The largest absolute Gasteiger partial charge is 0.546 e. The Bertz CT molecular complexity index is 337. The van der Waals surface area contributed by atoms with Crippen LogP contribution >= 0.6 is 15.9 Å². The number of carbonyl (C=O) groups excluding carboxylic acids is 1. The highest BCUT2D eigenvalue weighted by atomic mass is 79.9. The van der Waals surface area contributed by atoms with Crippen molar-refractivity contribution in [2.75, 3.05) is 6.61 Å². The molecule has 0 radical (unpaired) electrons. The van der Waals surface area contributed by atoms with E-state index in [0.717, 1.165) is 15.6 Å². The number of carboxylic acid groups (broad SMARTS) is 1. The van der Waals surface area contributed by atoms with Crippen LogP contribution in [0, 0.1) is 13.8 Å². The molecule has 0 N–H and O–H groups in total. The summed E-state index contributed by atoms with van der Waals surface area (Å²) >= 11 is 3.41. The number of aliphatic carboxylic acids is 1. The van der Waals surface area contributed by atoms with Gasteiger partial charge in [0, 0.05) is 4.47 Å². The second-order valence-electron chi connectivity index (χ2n) is 3.03. The van der Waals surface area contributed by atoms with Gasteiger partial charge in [-0.25, -0.2) is 0 Å². The quantitative estimate of drug-likeness (QED) is 0.818. The van der Waals surface area contributed by atoms with Crippen molar-refractivity contribution in [3.05, 3.63) is 27.7 Å². The Morgan fingerprint density at radius 3 is 2.36 bits per heavy atom.